The summed E-state index contributed by atoms with van der Waals surface area (Å²) >= 11 is 0. The minimum Gasteiger partial charge on any atom is -0.435 e. The van der Waals surface area contributed by atoms with Crippen molar-refractivity contribution in [3.63, 3.8) is 0 Å². The van der Waals surface area contributed by atoms with Crippen LogP contribution >= 0.6 is 0 Å². The first-order chi connectivity index (χ1) is 11.9. The molecule has 1 fully saturated rings. The third kappa shape index (κ3) is 3.78. The quantitative estimate of drug-likeness (QED) is 0.785. The molecule has 1 aliphatic rings. The zero-order valence-corrected chi connectivity index (χ0v) is 13.7. The van der Waals surface area contributed by atoms with Crippen LogP contribution in [0.1, 0.15) is 24.0 Å². The normalized spacial score (nSPS) is 15.1. The lowest BCUT2D eigenvalue weighted by molar-refractivity contribution is -0.133. The molecule has 1 amide bonds. The average molecular weight is 349 g/mol. The molecule has 3 nitrogen and oxygen atoms in total. The van der Waals surface area contributed by atoms with Crippen LogP contribution in [0.15, 0.2) is 48.5 Å². The molecule has 1 saturated carbocycles. The summed E-state index contributed by atoms with van der Waals surface area (Å²) in [5.41, 5.74) is 1.07. The molecule has 0 aromatic heterocycles. The lowest BCUT2D eigenvalue weighted by Crippen LogP contribution is -2.36. The number of carbonyl (C=O) groups is 1. The summed E-state index contributed by atoms with van der Waals surface area (Å²) in [4.78, 5) is 14.4. The maximum atomic E-state index is 13.1. The number of hydrogen-bond acceptors (Lipinski definition) is 2. The summed E-state index contributed by atoms with van der Waals surface area (Å²) in [5, 5.41) is 0. The number of benzene rings is 2. The standard InChI is InChI=1S/C19H18F3NO2/c1-23(12-13-2-8-16(9-3-13)25-18(21)22)17(24)19(10-11-19)14-4-6-15(20)7-5-14/h2-9,18H,10-12H2,1H3. The van der Waals surface area contributed by atoms with Crippen LogP contribution in [0.25, 0.3) is 0 Å². The Morgan fingerprint density at radius 1 is 1.12 bits per heavy atom. The van der Waals surface area contributed by atoms with Gasteiger partial charge in [0.05, 0.1) is 5.41 Å². The second kappa shape index (κ2) is 6.78. The molecule has 3 rings (SSSR count). The second-order valence-corrected chi connectivity index (χ2v) is 6.27. The third-order valence-corrected chi connectivity index (χ3v) is 4.47. The first-order valence-corrected chi connectivity index (χ1v) is 7.96. The van der Waals surface area contributed by atoms with Crippen LogP contribution in [0.2, 0.25) is 0 Å². The summed E-state index contributed by atoms with van der Waals surface area (Å²) in [6, 6.07) is 12.3. The van der Waals surface area contributed by atoms with Crippen molar-refractivity contribution in [2.45, 2.75) is 31.4 Å². The van der Waals surface area contributed by atoms with Crippen LogP contribution in [0.5, 0.6) is 5.75 Å². The Bertz CT molecular complexity index is 740. The Kier molecular flexibility index (Phi) is 4.70. The van der Waals surface area contributed by atoms with Gasteiger partial charge in [-0.25, -0.2) is 4.39 Å². The van der Waals surface area contributed by atoms with Gasteiger partial charge < -0.3 is 9.64 Å². The van der Waals surface area contributed by atoms with Crippen molar-refractivity contribution in [2.75, 3.05) is 7.05 Å². The molecule has 0 heterocycles. The van der Waals surface area contributed by atoms with E-state index in [1.165, 1.54) is 24.3 Å². The monoisotopic (exact) mass is 349 g/mol. The van der Waals surface area contributed by atoms with Crippen LogP contribution < -0.4 is 4.74 Å². The molecular formula is C19H18F3NO2. The van der Waals surface area contributed by atoms with Crippen LogP contribution in [-0.2, 0) is 16.8 Å². The predicted molar refractivity (Wildman–Crippen MR) is 86.9 cm³/mol. The second-order valence-electron chi connectivity index (χ2n) is 6.27. The summed E-state index contributed by atoms with van der Waals surface area (Å²) < 4.78 is 41.7. The lowest BCUT2D eigenvalue weighted by Gasteiger charge is -2.24. The van der Waals surface area contributed by atoms with Crippen LogP contribution in [0.3, 0.4) is 0 Å². The molecule has 25 heavy (non-hydrogen) atoms. The summed E-state index contributed by atoms with van der Waals surface area (Å²) in [7, 11) is 1.70. The SMILES string of the molecule is CN(Cc1ccc(OC(F)F)cc1)C(=O)C1(c2ccc(F)cc2)CC1. The topological polar surface area (TPSA) is 29.5 Å². The predicted octanol–water partition coefficient (Wildman–Crippen LogP) is 4.12. The maximum Gasteiger partial charge on any atom is 0.387 e. The van der Waals surface area contributed by atoms with Crippen LogP contribution in [0.4, 0.5) is 13.2 Å². The van der Waals surface area contributed by atoms with E-state index < -0.39 is 12.0 Å². The highest BCUT2D eigenvalue weighted by atomic mass is 19.3. The van der Waals surface area contributed by atoms with E-state index in [0.717, 1.165) is 24.0 Å². The molecule has 0 spiro atoms. The maximum absolute atomic E-state index is 13.1. The number of hydrogen-bond donors (Lipinski definition) is 0. The van der Waals surface area contributed by atoms with Gasteiger partial charge in [-0.3, -0.25) is 4.79 Å². The van der Waals surface area contributed by atoms with Gasteiger partial charge in [0.2, 0.25) is 5.91 Å². The fraction of sp³-hybridized carbons (Fsp3) is 0.316. The smallest absolute Gasteiger partial charge is 0.387 e. The van der Waals surface area contributed by atoms with E-state index in [4.69, 9.17) is 0 Å². The highest BCUT2D eigenvalue weighted by molar-refractivity contribution is 5.91. The Balaban J connectivity index is 1.67. The highest BCUT2D eigenvalue weighted by Crippen LogP contribution is 2.49. The first kappa shape index (κ1) is 17.3. The molecule has 6 heteroatoms. The molecule has 0 atom stereocenters. The van der Waals surface area contributed by atoms with Gasteiger partial charge in [-0.05, 0) is 48.2 Å². The zero-order chi connectivity index (χ0) is 18.0. The summed E-state index contributed by atoms with van der Waals surface area (Å²) in [6.45, 7) is -2.50. The molecule has 0 N–H and O–H groups in total. The number of ether oxygens (including phenoxy) is 1. The number of amides is 1. The number of nitrogens with zero attached hydrogens (tertiary/aromatic N) is 1. The minimum absolute atomic E-state index is 0.0213. The Morgan fingerprint density at radius 2 is 1.72 bits per heavy atom. The summed E-state index contributed by atoms with van der Waals surface area (Å²) in [5.74, 6) is -0.267. The Morgan fingerprint density at radius 3 is 2.24 bits per heavy atom. The van der Waals surface area contributed by atoms with E-state index in [1.54, 1.807) is 36.2 Å². The third-order valence-electron chi connectivity index (χ3n) is 4.47. The number of rotatable bonds is 6. The van der Waals surface area contributed by atoms with Crippen molar-refractivity contribution < 1.29 is 22.7 Å². The minimum atomic E-state index is -2.86. The van der Waals surface area contributed by atoms with E-state index >= 15 is 0 Å². The van der Waals surface area contributed by atoms with Crippen molar-refractivity contribution in [1.82, 2.24) is 4.90 Å². The van der Waals surface area contributed by atoms with Crippen LogP contribution in [0, 0.1) is 5.82 Å². The molecular weight excluding hydrogens is 331 g/mol. The van der Waals surface area contributed by atoms with E-state index in [-0.39, 0.29) is 17.5 Å². The largest absolute Gasteiger partial charge is 0.435 e. The molecule has 0 saturated heterocycles. The van der Waals surface area contributed by atoms with E-state index in [0.29, 0.717) is 6.54 Å². The van der Waals surface area contributed by atoms with E-state index in [2.05, 4.69) is 4.74 Å². The number of halogens is 3. The molecule has 2 aromatic rings. The van der Waals surface area contributed by atoms with Gasteiger partial charge in [0.1, 0.15) is 11.6 Å². The van der Waals surface area contributed by atoms with Crippen LogP contribution in [-0.4, -0.2) is 24.5 Å². The molecule has 0 unspecified atom stereocenters. The molecule has 0 bridgehead atoms. The van der Waals surface area contributed by atoms with E-state index in [9.17, 15) is 18.0 Å². The Hall–Kier alpha value is -2.50. The number of likely N-dealkylation sites (N-methyl/N-ethyl adjacent to an activating group) is 1. The highest BCUT2D eigenvalue weighted by Gasteiger charge is 2.52. The van der Waals surface area contributed by atoms with E-state index in [1.807, 2.05) is 0 Å². The molecule has 132 valence electrons. The Labute approximate surface area is 144 Å². The van der Waals surface area contributed by atoms with Gasteiger partial charge in [-0.1, -0.05) is 24.3 Å². The molecule has 1 aliphatic carbocycles. The molecule has 0 aliphatic heterocycles. The summed E-state index contributed by atoms with van der Waals surface area (Å²) in [6.07, 6.45) is 1.48. The van der Waals surface area contributed by atoms with Crippen molar-refractivity contribution in [2.24, 2.45) is 0 Å². The van der Waals surface area contributed by atoms with Crippen molar-refractivity contribution >= 4 is 5.91 Å². The van der Waals surface area contributed by atoms with Gasteiger partial charge in [0, 0.05) is 13.6 Å². The van der Waals surface area contributed by atoms with Crippen molar-refractivity contribution in [3.05, 3.63) is 65.5 Å². The average Bonchev–Trinajstić information content (AvgIpc) is 3.38. The fourth-order valence-electron chi connectivity index (χ4n) is 3.01. The van der Waals surface area contributed by atoms with Gasteiger partial charge in [0.15, 0.2) is 0 Å². The lowest BCUT2D eigenvalue weighted by atomic mass is 9.94. The van der Waals surface area contributed by atoms with Crippen molar-refractivity contribution in [1.29, 1.82) is 0 Å². The van der Waals surface area contributed by atoms with Gasteiger partial charge in [-0.15, -0.1) is 0 Å². The number of carbonyl (C=O) groups excluding carboxylic acids is 1. The van der Waals surface area contributed by atoms with Gasteiger partial charge >= 0.3 is 6.61 Å². The fourth-order valence-corrected chi connectivity index (χ4v) is 3.01. The van der Waals surface area contributed by atoms with Crippen molar-refractivity contribution in [3.8, 4) is 5.75 Å². The zero-order valence-electron chi connectivity index (χ0n) is 13.7. The van der Waals surface area contributed by atoms with Gasteiger partial charge in [0.25, 0.3) is 0 Å². The molecule has 2 aromatic carbocycles. The van der Waals surface area contributed by atoms with Gasteiger partial charge in [-0.2, -0.15) is 8.78 Å². The first-order valence-electron chi connectivity index (χ1n) is 7.96. The number of alkyl halides is 2. The molecule has 0 radical (unpaired) electrons.